The second-order valence-electron chi connectivity index (χ2n) is 24.5. The van der Waals surface area contributed by atoms with Gasteiger partial charge in [-0.05, 0) is 38.5 Å². The third-order valence-electron chi connectivity index (χ3n) is 16.5. The highest BCUT2D eigenvalue weighted by molar-refractivity contribution is 5.71. The standard InChI is InChI=1S/C72H138O6/c1-4-7-10-13-16-19-22-24-26-28-30-31-32-33-34-35-36-37-38-39-40-41-43-44-46-48-50-53-56-59-62-65-71(74)77-68-69(67-76-70(73)64-61-58-55-52-21-18-15-12-9-6-3)78-72(75)66-63-60-57-54-51-49-47-45-42-29-27-25-23-20-17-14-11-8-5-2/h12,15,69H,4-11,13-14,16-68H2,1-3H3/b15-12-. The molecule has 0 aromatic rings. The number of hydrogen-bond donors (Lipinski definition) is 0. The molecule has 0 bridgehead atoms. The Hall–Kier alpha value is -1.85. The van der Waals surface area contributed by atoms with Crippen LogP contribution in [0, 0.1) is 0 Å². The average molecular weight is 1100 g/mol. The van der Waals surface area contributed by atoms with Gasteiger partial charge in [-0.1, -0.05) is 367 Å². The second kappa shape index (κ2) is 67.7. The first-order valence-corrected chi connectivity index (χ1v) is 35.7. The molecule has 0 radical (unpaired) electrons. The van der Waals surface area contributed by atoms with Gasteiger partial charge in [0.05, 0.1) is 0 Å². The van der Waals surface area contributed by atoms with Crippen LogP contribution >= 0.6 is 0 Å². The molecule has 0 aliphatic carbocycles. The van der Waals surface area contributed by atoms with E-state index in [4.69, 9.17) is 14.2 Å². The molecule has 0 aromatic heterocycles. The van der Waals surface area contributed by atoms with Gasteiger partial charge >= 0.3 is 17.9 Å². The smallest absolute Gasteiger partial charge is 0.306 e. The highest BCUT2D eigenvalue weighted by Gasteiger charge is 2.19. The zero-order valence-electron chi connectivity index (χ0n) is 53.2. The maximum Gasteiger partial charge on any atom is 0.306 e. The summed E-state index contributed by atoms with van der Waals surface area (Å²) in [5.74, 6) is -0.845. The molecule has 0 aromatic carbocycles. The fourth-order valence-electron chi connectivity index (χ4n) is 11.2. The van der Waals surface area contributed by atoms with E-state index in [0.717, 1.165) is 70.6 Å². The molecule has 0 aliphatic rings. The van der Waals surface area contributed by atoms with Crippen LogP contribution in [0.2, 0.25) is 0 Å². The Balaban J connectivity index is 4.04. The van der Waals surface area contributed by atoms with Gasteiger partial charge < -0.3 is 14.2 Å². The van der Waals surface area contributed by atoms with Crippen LogP contribution in [-0.2, 0) is 28.6 Å². The fourth-order valence-corrected chi connectivity index (χ4v) is 11.2. The summed E-state index contributed by atoms with van der Waals surface area (Å²) < 4.78 is 16.9. The molecule has 6 heteroatoms. The van der Waals surface area contributed by atoms with Gasteiger partial charge in [-0.2, -0.15) is 0 Å². The number of esters is 3. The Morgan fingerprint density at radius 3 is 0.692 bits per heavy atom. The van der Waals surface area contributed by atoms with Crippen molar-refractivity contribution in [3.63, 3.8) is 0 Å². The van der Waals surface area contributed by atoms with E-state index in [2.05, 4.69) is 32.9 Å². The summed E-state index contributed by atoms with van der Waals surface area (Å²) in [6.07, 6.45) is 81.3. The average Bonchev–Trinajstić information content (AvgIpc) is 3.44. The third-order valence-corrected chi connectivity index (χ3v) is 16.5. The van der Waals surface area contributed by atoms with E-state index in [1.165, 1.54) is 302 Å². The molecule has 0 amide bonds. The van der Waals surface area contributed by atoms with Crippen LogP contribution in [-0.4, -0.2) is 37.2 Å². The van der Waals surface area contributed by atoms with Gasteiger partial charge in [0.2, 0.25) is 0 Å². The van der Waals surface area contributed by atoms with Crippen molar-refractivity contribution in [2.24, 2.45) is 0 Å². The van der Waals surface area contributed by atoms with Crippen molar-refractivity contribution in [3.8, 4) is 0 Å². The molecule has 0 fully saturated rings. The number of rotatable bonds is 67. The maximum atomic E-state index is 12.9. The van der Waals surface area contributed by atoms with Crippen molar-refractivity contribution in [1.82, 2.24) is 0 Å². The van der Waals surface area contributed by atoms with Crippen molar-refractivity contribution < 1.29 is 28.6 Å². The summed E-state index contributed by atoms with van der Waals surface area (Å²) in [6, 6.07) is 0. The van der Waals surface area contributed by atoms with E-state index >= 15 is 0 Å². The van der Waals surface area contributed by atoms with Gasteiger partial charge in [0.25, 0.3) is 0 Å². The molecule has 0 saturated carbocycles. The molecule has 462 valence electrons. The first-order valence-electron chi connectivity index (χ1n) is 35.7. The lowest BCUT2D eigenvalue weighted by atomic mass is 10.0. The largest absolute Gasteiger partial charge is 0.462 e. The van der Waals surface area contributed by atoms with E-state index in [-0.39, 0.29) is 31.1 Å². The number of ether oxygens (including phenoxy) is 3. The van der Waals surface area contributed by atoms with Gasteiger partial charge in [0.15, 0.2) is 6.10 Å². The van der Waals surface area contributed by atoms with Gasteiger partial charge in [0.1, 0.15) is 13.2 Å². The summed E-state index contributed by atoms with van der Waals surface area (Å²) in [6.45, 7) is 6.66. The van der Waals surface area contributed by atoms with Crippen LogP contribution in [0.25, 0.3) is 0 Å². The maximum absolute atomic E-state index is 12.9. The lowest BCUT2D eigenvalue weighted by Crippen LogP contribution is -2.30. The molecule has 0 spiro atoms. The molecule has 0 N–H and O–H groups in total. The van der Waals surface area contributed by atoms with Crippen LogP contribution in [0.5, 0.6) is 0 Å². The molecule has 0 aliphatic heterocycles. The van der Waals surface area contributed by atoms with E-state index in [1.807, 2.05) is 0 Å². The monoisotopic (exact) mass is 1100 g/mol. The molecular formula is C72H138O6. The second-order valence-corrected chi connectivity index (χ2v) is 24.5. The number of carbonyl (C=O) groups is 3. The van der Waals surface area contributed by atoms with Crippen LogP contribution in [0.1, 0.15) is 412 Å². The lowest BCUT2D eigenvalue weighted by molar-refractivity contribution is -0.167. The molecule has 0 saturated heterocycles. The predicted molar refractivity (Wildman–Crippen MR) is 340 cm³/mol. The zero-order valence-corrected chi connectivity index (χ0v) is 53.2. The molecule has 6 nitrogen and oxygen atoms in total. The van der Waals surface area contributed by atoms with E-state index < -0.39 is 6.10 Å². The minimum Gasteiger partial charge on any atom is -0.462 e. The molecule has 1 unspecified atom stereocenters. The number of hydrogen-bond acceptors (Lipinski definition) is 6. The molecule has 78 heavy (non-hydrogen) atoms. The van der Waals surface area contributed by atoms with Gasteiger partial charge in [-0.25, -0.2) is 0 Å². The molecular weight excluding hydrogens is 961 g/mol. The van der Waals surface area contributed by atoms with E-state index in [9.17, 15) is 14.4 Å². The topological polar surface area (TPSA) is 78.9 Å². The van der Waals surface area contributed by atoms with Crippen molar-refractivity contribution in [2.75, 3.05) is 13.2 Å². The molecule has 0 heterocycles. The minimum atomic E-state index is -0.769. The predicted octanol–water partition coefficient (Wildman–Crippen LogP) is 24.4. The number of carbonyl (C=O) groups excluding carboxylic acids is 3. The van der Waals surface area contributed by atoms with E-state index in [1.54, 1.807) is 0 Å². The summed E-state index contributed by atoms with van der Waals surface area (Å²) in [5, 5.41) is 0. The first kappa shape index (κ1) is 76.1. The van der Waals surface area contributed by atoms with Gasteiger partial charge in [-0.15, -0.1) is 0 Å². The van der Waals surface area contributed by atoms with Crippen molar-refractivity contribution >= 4 is 17.9 Å². The third kappa shape index (κ3) is 65.0. The van der Waals surface area contributed by atoms with E-state index in [0.29, 0.717) is 19.3 Å². The fraction of sp³-hybridized carbons (Fsp3) is 0.931. The number of unbranched alkanes of at least 4 members (excludes halogenated alkanes) is 54. The summed E-state index contributed by atoms with van der Waals surface area (Å²) in [7, 11) is 0. The summed E-state index contributed by atoms with van der Waals surface area (Å²) >= 11 is 0. The van der Waals surface area contributed by atoms with Crippen molar-refractivity contribution in [3.05, 3.63) is 12.2 Å². The van der Waals surface area contributed by atoms with Gasteiger partial charge in [0, 0.05) is 19.3 Å². The zero-order chi connectivity index (χ0) is 56.4. The Morgan fingerprint density at radius 2 is 0.449 bits per heavy atom. The Morgan fingerprint density at radius 1 is 0.244 bits per heavy atom. The SMILES string of the molecule is CCC/C=C\CCCCCCCC(=O)OCC(COC(=O)CCCCCCCCCCCCCCCCCCCCCCCCCCCCCCCCC)OC(=O)CCCCCCCCCCCCCCCCCCCCC. The summed E-state index contributed by atoms with van der Waals surface area (Å²) in [5.41, 5.74) is 0. The summed E-state index contributed by atoms with van der Waals surface area (Å²) in [4.78, 5) is 38.3. The molecule has 1 atom stereocenters. The Bertz CT molecular complexity index is 1210. The molecule has 0 rings (SSSR count). The highest BCUT2D eigenvalue weighted by Crippen LogP contribution is 2.19. The Labute approximate surface area is 488 Å². The normalized spacial score (nSPS) is 12.0. The minimum absolute atomic E-state index is 0.0661. The van der Waals surface area contributed by atoms with Crippen molar-refractivity contribution in [2.45, 2.75) is 419 Å². The first-order chi connectivity index (χ1) is 38.5. The number of allylic oxidation sites excluding steroid dienone is 2. The Kier molecular flexibility index (Phi) is 66.0. The lowest BCUT2D eigenvalue weighted by Gasteiger charge is -2.18. The highest BCUT2D eigenvalue weighted by atomic mass is 16.6. The quantitative estimate of drug-likeness (QED) is 0.0261. The van der Waals surface area contributed by atoms with Crippen LogP contribution in [0.3, 0.4) is 0 Å². The van der Waals surface area contributed by atoms with Crippen molar-refractivity contribution in [1.29, 1.82) is 0 Å². The van der Waals surface area contributed by atoms with Gasteiger partial charge in [-0.3, -0.25) is 14.4 Å². The van der Waals surface area contributed by atoms with Crippen LogP contribution in [0.4, 0.5) is 0 Å². The van der Waals surface area contributed by atoms with Crippen LogP contribution < -0.4 is 0 Å². The van der Waals surface area contributed by atoms with Crippen LogP contribution in [0.15, 0.2) is 12.2 Å².